The lowest BCUT2D eigenvalue weighted by Crippen LogP contribution is -2.45. The van der Waals surface area contributed by atoms with Crippen LogP contribution in [0.5, 0.6) is 0 Å². The first-order valence-corrected chi connectivity index (χ1v) is 6.74. The summed E-state index contributed by atoms with van der Waals surface area (Å²) in [6, 6.07) is 8.70. The van der Waals surface area contributed by atoms with E-state index >= 15 is 0 Å². The smallest absolute Gasteiger partial charge is 0.0710 e. The Kier molecular flexibility index (Phi) is 2.22. The predicted molar refractivity (Wildman–Crippen MR) is 70.2 cm³/mol. The van der Waals surface area contributed by atoms with Gasteiger partial charge in [0, 0.05) is 11.3 Å². The van der Waals surface area contributed by atoms with Crippen LogP contribution in [-0.2, 0) is 5.41 Å². The third kappa shape index (κ3) is 1.35. The second-order valence-electron chi connectivity index (χ2n) is 6.89. The summed E-state index contributed by atoms with van der Waals surface area (Å²) in [6.07, 6.45) is 3.41. The molecule has 1 heteroatoms. The minimum Gasteiger partial charge on any atom is -0.392 e. The van der Waals surface area contributed by atoms with E-state index in [1.165, 1.54) is 17.5 Å². The number of aliphatic hydroxyl groups excluding tert-OH is 1. The molecule has 1 saturated carbocycles. The maximum atomic E-state index is 10.8. The van der Waals surface area contributed by atoms with Crippen molar-refractivity contribution >= 4 is 0 Å². The summed E-state index contributed by atoms with van der Waals surface area (Å²) in [6.45, 7) is 6.74. The largest absolute Gasteiger partial charge is 0.392 e. The van der Waals surface area contributed by atoms with Crippen molar-refractivity contribution in [3.63, 3.8) is 0 Å². The van der Waals surface area contributed by atoms with E-state index in [1.807, 2.05) is 0 Å². The van der Waals surface area contributed by atoms with E-state index in [0.29, 0.717) is 5.92 Å². The van der Waals surface area contributed by atoms with Gasteiger partial charge in [0.2, 0.25) is 0 Å². The molecular formula is C16H22O. The van der Waals surface area contributed by atoms with Gasteiger partial charge in [-0.2, -0.15) is 0 Å². The highest BCUT2D eigenvalue weighted by atomic mass is 16.3. The van der Waals surface area contributed by atoms with Crippen LogP contribution in [0.2, 0.25) is 0 Å². The lowest BCUT2D eigenvalue weighted by Gasteiger charge is -2.44. The molecule has 92 valence electrons. The molecule has 0 amide bonds. The van der Waals surface area contributed by atoms with E-state index in [0.717, 1.165) is 12.8 Å². The Morgan fingerprint density at radius 2 is 1.82 bits per heavy atom. The molecule has 1 aromatic carbocycles. The van der Waals surface area contributed by atoms with Crippen molar-refractivity contribution in [2.45, 2.75) is 57.5 Å². The number of rotatable bonds is 0. The molecule has 1 spiro atoms. The quantitative estimate of drug-likeness (QED) is 0.722. The summed E-state index contributed by atoms with van der Waals surface area (Å²) in [4.78, 5) is 0. The molecule has 1 aromatic rings. The standard InChI is InChI=1S/C16H22O/c1-15(2,3)13-11-7-4-5-8-12(11)16(14(13)17)9-6-10-16/h4-5,7-8,13-14,17H,6,9-10H2,1-3H3. The Morgan fingerprint density at radius 3 is 2.35 bits per heavy atom. The van der Waals surface area contributed by atoms with E-state index in [1.54, 1.807) is 0 Å². The molecule has 17 heavy (non-hydrogen) atoms. The summed E-state index contributed by atoms with van der Waals surface area (Å²) in [7, 11) is 0. The maximum absolute atomic E-state index is 10.8. The number of aliphatic hydroxyl groups is 1. The molecule has 0 aromatic heterocycles. The molecule has 0 radical (unpaired) electrons. The maximum Gasteiger partial charge on any atom is 0.0710 e. The van der Waals surface area contributed by atoms with Gasteiger partial charge in [-0.1, -0.05) is 51.5 Å². The van der Waals surface area contributed by atoms with Crippen LogP contribution in [0.3, 0.4) is 0 Å². The number of fused-ring (bicyclic) bond motifs is 2. The van der Waals surface area contributed by atoms with Crippen LogP contribution in [-0.4, -0.2) is 11.2 Å². The zero-order valence-corrected chi connectivity index (χ0v) is 11.0. The van der Waals surface area contributed by atoms with E-state index < -0.39 is 0 Å². The van der Waals surface area contributed by atoms with Crippen LogP contribution >= 0.6 is 0 Å². The first-order chi connectivity index (χ1) is 7.97. The van der Waals surface area contributed by atoms with Crippen LogP contribution in [0.4, 0.5) is 0 Å². The van der Waals surface area contributed by atoms with E-state index in [9.17, 15) is 5.11 Å². The van der Waals surface area contributed by atoms with Crippen molar-refractivity contribution in [3.05, 3.63) is 35.4 Å². The number of hydrogen-bond donors (Lipinski definition) is 1. The van der Waals surface area contributed by atoms with Gasteiger partial charge < -0.3 is 5.11 Å². The highest BCUT2D eigenvalue weighted by Crippen LogP contribution is 2.60. The van der Waals surface area contributed by atoms with Crippen molar-refractivity contribution in [1.29, 1.82) is 0 Å². The van der Waals surface area contributed by atoms with E-state index in [-0.39, 0.29) is 16.9 Å². The van der Waals surface area contributed by atoms with Gasteiger partial charge in [-0.15, -0.1) is 0 Å². The molecule has 1 N–H and O–H groups in total. The first kappa shape index (κ1) is 11.3. The summed E-state index contributed by atoms with van der Waals surface area (Å²) in [5.41, 5.74) is 3.05. The molecule has 1 fully saturated rings. The lowest BCUT2D eigenvalue weighted by atomic mass is 9.62. The Morgan fingerprint density at radius 1 is 1.18 bits per heavy atom. The molecule has 2 aliphatic carbocycles. The van der Waals surface area contributed by atoms with Gasteiger partial charge >= 0.3 is 0 Å². The fraction of sp³-hybridized carbons (Fsp3) is 0.625. The fourth-order valence-corrected chi connectivity index (χ4v) is 3.93. The van der Waals surface area contributed by atoms with Gasteiger partial charge in [0.1, 0.15) is 0 Å². The molecule has 0 aliphatic heterocycles. The number of benzene rings is 1. The van der Waals surface area contributed by atoms with Crippen molar-refractivity contribution in [1.82, 2.24) is 0 Å². The van der Waals surface area contributed by atoms with Crippen molar-refractivity contribution < 1.29 is 5.11 Å². The SMILES string of the molecule is CC(C)(C)C1c2ccccc2C2(CCC2)C1O. The minimum absolute atomic E-state index is 0.0918. The average Bonchev–Trinajstić information content (AvgIpc) is 2.44. The third-order valence-corrected chi connectivity index (χ3v) is 4.89. The van der Waals surface area contributed by atoms with E-state index in [2.05, 4.69) is 45.0 Å². The Hall–Kier alpha value is -0.820. The second-order valence-corrected chi connectivity index (χ2v) is 6.89. The van der Waals surface area contributed by atoms with E-state index in [4.69, 9.17) is 0 Å². The molecule has 2 unspecified atom stereocenters. The minimum atomic E-state index is -0.186. The molecule has 2 aliphatic rings. The highest BCUT2D eigenvalue weighted by molar-refractivity contribution is 5.47. The third-order valence-electron chi connectivity index (χ3n) is 4.89. The van der Waals surface area contributed by atoms with Crippen molar-refractivity contribution in [3.8, 4) is 0 Å². The van der Waals surface area contributed by atoms with Crippen LogP contribution in [0.1, 0.15) is 57.1 Å². The molecule has 0 bridgehead atoms. The average molecular weight is 230 g/mol. The highest BCUT2D eigenvalue weighted by Gasteiger charge is 2.56. The zero-order valence-electron chi connectivity index (χ0n) is 11.0. The summed E-state index contributed by atoms with van der Waals surface area (Å²) in [5.74, 6) is 0.291. The van der Waals surface area contributed by atoms with Crippen LogP contribution in [0.25, 0.3) is 0 Å². The van der Waals surface area contributed by atoms with Crippen LogP contribution < -0.4 is 0 Å². The first-order valence-electron chi connectivity index (χ1n) is 6.74. The van der Waals surface area contributed by atoms with Crippen molar-refractivity contribution in [2.24, 2.45) is 5.41 Å². The van der Waals surface area contributed by atoms with Gasteiger partial charge in [-0.25, -0.2) is 0 Å². The van der Waals surface area contributed by atoms with Gasteiger partial charge in [-0.3, -0.25) is 0 Å². The Bertz CT molecular complexity index is 437. The second kappa shape index (κ2) is 3.35. The topological polar surface area (TPSA) is 20.2 Å². The molecular weight excluding hydrogens is 208 g/mol. The fourth-order valence-electron chi connectivity index (χ4n) is 3.93. The summed E-state index contributed by atoms with van der Waals surface area (Å²) < 4.78 is 0. The predicted octanol–water partition coefficient (Wildman–Crippen LogP) is 3.61. The van der Waals surface area contributed by atoms with Crippen LogP contribution in [0.15, 0.2) is 24.3 Å². The molecule has 1 nitrogen and oxygen atoms in total. The Labute approximate surface area is 104 Å². The van der Waals surface area contributed by atoms with Gasteiger partial charge in [-0.05, 0) is 29.4 Å². The molecule has 2 atom stereocenters. The molecule has 0 saturated heterocycles. The van der Waals surface area contributed by atoms with Gasteiger partial charge in [0.25, 0.3) is 0 Å². The van der Waals surface area contributed by atoms with Gasteiger partial charge in [0.15, 0.2) is 0 Å². The normalized spacial score (nSPS) is 30.1. The summed E-state index contributed by atoms with van der Waals surface area (Å²) >= 11 is 0. The lowest BCUT2D eigenvalue weighted by molar-refractivity contribution is 0.000529. The monoisotopic (exact) mass is 230 g/mol. The zero-order chi connectivity index (χ0) is 12.3. The van der Waals surface area contributed by atoms with Crippen LogP contribution in [0, 0.1) is 5.41 Å². The number of hydrogen-bond acceptors (Lipinski definition) is 1. The molecule has 3 rings (SSSR count). The van der Waals surface area contributed by atoms with Crippen molar-refractivity contribution in [2.75, 3.05) is 0 Å². The summed E-state index contributed by atoms with van der Waals surface area (Å²) in [5, 5.41) is 10.8. The van der Waals surface area contributed by atoms with Gasteiger partial charge in [0.05, 0.1) is 6.10 Å². The Balaban J connectivity index is 2.16. The molecule has 0 heterocycles.